The lowest BCUT2D eigenvalue weighted by Crippen LogP contribution is -2.02. The molecule has 2 aliphatic rings. The minimum absolute atomic E-state index is 0.791. The van der Waals surface area contributed by atoms with Gasteiger partial charge in [-0.15, -0.1) is 10.2 Å². The second-order valence-electron chi connectivity index (χ2n) is 7.86. The van der Waals surface area contributed by atoms with Crippen molar-refractivity contribution >= 4 is 11.4 Å². The molecule has 4 aromatic carbocycles. The molecule has 0 aliphatic carbocycles. The first-order valence-electron chi connectivity index (χ1n) is 10.5. The quantitative estimate of drug-likeness (QED) is 0.416. The molecule has 5 aromatic rings. The molecule has 32 heavy (non-hydrogen) atoms. The number of hydrogen-bond donors (Lipinski definition) is 0. The van der Waals surface area contributed by atoms with E-state index in [1.165, 1.54) is 0 Å². The Morgan fingerprint density at radius 1 is 0.562 bits per heavy atom. The number of para-hydroxylation sites is 1. The van der Waals surface area contributed by atoms with Crippen LogP contribution >= 0.6 is 0 Å². The van der Waals surface area contributed by atoms with Crippen LogP contribution in [-0.4, -0.2) is 15.4 Å². The lowest BCUT2D eigenvalue weighted by atomic mass is 9.92. The summed E-state index contributed by atoms with van der Waals surface area (Å²) in [6.07, 6.45) is 1.78. The van der Waals surface area contributed by atoms with E-state index < -0.39 is 0 Å². The Bertz CT molecular complexity index is 1780. The van der Waals surface area contributed by atoms with Crippen molar-refractivity contribution in [2.75, 3.05) is 0 Å². The third kappa shape index (κ3) is 2.36. The van der Waals surface area contributed by atoms with Crippen LogP contribution in [0.3, 0.4) is 0 Å². The van der Waals surface area contributed by atoms with E-state index in [-0.39, 0.29) is 0 Å². The molecule has 0 atom stereocenters. The van der Waals surface area contributed by atoms with Crippen LogP contribution in [0.5, 0.6) is 0 Å². The second-order valence-corrected chi connectivity index (χ2v) is 7.86. The third-order valence-corrected chi connectivity index (χ3v) is 6.09. The van der Waals surface area contributed by atoms with Gasteiger partial charge in [-0.3, -0.25) is 0 Å². The van der Waals surface area contributed by atoms with Crippen molar-refractivity contribution in [3.63, 3.8) is 0 Å². The van der Waals surface area contributed by atoms with Gasteiger partial charge in [-0.05, 0) is 35.0 Å². The Morgan fingerprint density at radius 3 is 2.38 bits per heavy atom. The van der Waals surface area contributed by atoms with Gasteiger partial charge in [-0.25, -0.2) is 9.98 Å². The first kappa shape index (κ1) is 17.2. The predicted molar refractivity (Wildman–Crippen MR) is 122 cm³/mol. The largest absolute Gasteiger partial charge is 0.248 e. The number of fused-ring (bicyclic) bond motifs is 6. The highest BCUT2D eigenvalue weighted by atomic mass is 15.3. The minimum Gasteiger partial charge on any atom is -0.248 e. The first-order valence-corrected chi connectivity index (χ1v) is 10.5. The number of benzene rings is 4. The molecule has 0 unspecified atom stereocenters. The molecule has 0 bridgehead atoms. The van der Waals surface area contributed by atoms with Crippen molar-refractivity contribution < 1.29 is 0 Å². The van der Waals surface area contributed by atoms with Gasteiger partial charge in [0.05, 0.1) is 28.3 Å². The summed E-state index contributed by atoms with van der Waals surface area (Å²) < 4.78 is 0. The smallest absolute Gasteiger partial charge is 0.105 e. The standard InChI is InChI=1S/C27H15N5/c1-2-7-16(8-3-1)20-15-28-32-31-26(20)19-10-6-12-22-24(19)25-23(29-22)14-13-18-17-9-4-5-11-21(17)30-27(18)25/h1-15H. The van der Waals surface area contributed by atoms with Gasteiger partial charge in [0, 0.05) is 32.7 Å². The predicted octanol–water partition coefficient (Wildman–Crippen LogP) is 4.69. The van der Waals surface area contributed by atoms with Crippen LogP contribution in [0.25, 0.3) is 33.5 Å². The maximum absolute atomic E-state index is 4.99. The lowest BCUT2D eigenvalue weighted by Gasteiger charge is -2.12. The van der Waals surface area contributed by atoms with E-state index in [0.717, 1.165) is 66.0 Å². The molecule has 1 aromatic heterocycles. The molecular weight excluding hydrogens is 394 g/mol. The molecule has 2 aliphatic heterocycles. The van der Waals surface area contributed by atoms with Gasteiger partial charge in [-0.2, -0.15) is 0 Å². The first-order chi connectivity index (χ1) is 15.9. The zero-order valence-electron chi connectivity index (χ0n) is 16.9. The summed E-state index contributed by atoms with van der Waals surface area (Å²) in [6, 6.07) is 28.8. The molecule has 0 saturated carbocycles. The molecule has 0 saturated heterocycles. The van der Waals surface area contributed by atoms with Gasteiger partial charge in [0.25, 0.3) is 0 Å². The monoisotopic (exact) mass is 409 g/mol. The normalized spacial score (nSPS) is 12.2. The number of hydrogen-bond acceptors (Lipinski definition) is 5. The topological polar surface area (TPSA) is 63.4 Å². The lowest BCUT2D eigenvalue weighted by molar-refractivity contribution is 0.873. The average molecular weight is 409 g/mol. The van der Waals surface area contributed by atoms with Gasteiger partial charge in [0.15, 0.2) is 0 Å². The molecule has 5 nitrogen and oxygen atoms in total. The maximum Gasteiger partial charge on any atom is 0.105 e. The molecule has 0 N–H and O–H groups in total. The zero-order chi connectivity index (χ0) is 21.1. The van der Waals surface area contributed by atoms with E-state index >= 15 is 0 Å². The molecule has 0 fully saturated rings. The van der Waals surface area contributed by atoms with Crippen LogP contribution in [0.2, 0.25) is 0 Å². The van der Waals surface area contributed by atoms with E-state index in [1.54, 1.807) is 6.20 Å². The van der Waals surface area contributed by atoms with E-state index in [2.05, 4.69) is 63.9 Å². The average Bonchev–Trinajstić information content (AvgIpc) is 3.42. The van der Waals surface area contributed by atoms with Crippen LogP contribution in [0.4, 0.5) is 11.4 Å². The summed E-state index contributed by atoms with van der Waals surface area (Å²) >= 11 is 0. The van der Waals surface area contributed by atoms with Gasteiger partial charge in [0.1, 0.15) is 5.69 Å². The van der Waals surface area contributed by atoms with Gasteiger partial charge in [-0.1, -0.05) is 60.7 Å². The van der Waals surface area contributed by atoms with Crippen molar-refractivity contribution in [2.45, 2.75) is 0 Å². The summed E-state index contributed by atoms with van der Waals surface area (Å²) in [4.78, 5) is 9.91. The van der Waals surface area contributed by atoms with Crippen LogP contribution in [-0.2, 0) is 0 Å². The number of nitrogens with zero attached hydrogens (tertiary/aromatic N) is 5. The van der Waals surface area contributed by atoms with Crippen LogP contribution < -0.4 is 10.7 Å². The van der Waals surface area contributed by atoms with Crippen LogP contribution in [0, 0.1) is 10.4 Å². The summed E-state index contributed by atoms with van der Waals surface area (Å²) in [5, 5.41) is 16.8. The fourth-order valence-electron chi connectivity index (χ4n) is 4.69. The van der Waals surface area contributed by atoms with Crippen molar-refractivity contribution in [3.8, 4) is 33.5 Å². The van der Waals surface area contributed by atoms with Crippen molar-refractivity contribution in [2.24, 2.45) is 9.98 Å². The van der Waals surface area contributed by atoms with Gasteiger partial charge >= 0.3 is 0 Å². The highest BCUT2D eigenvalue weighted by molar-refractivity contribution is 5.98. The second kappa shape index (κ2) is 6.49. The van der Waals surface area contributed by atoms with E-state index in [0.29, 0.717) is 0 Å². The number of aromatic nitrogens is 3. The van der Waals surface area contributed by atoms with Gasteiger partial charge < -0.3 is 0 Å². The highest BCUT2D eigenvalue weighted by Gasteiger charge is 2.25. The molecule has 0 spiro atoms. The van der Waals surface area contributed by atoms with Gasteiger partial charge in [0.2, 0.25) is 0 Å². The molecular formula is C27H15N5. The van der Waals surface area contributed by atoms with Crippen molar-refractivity contribution in [3.05, 3.63) is 112 Å². The fraction of sp³-hybridized carbons (Fsp3) is 0. The Balaban J connectivity index is 1.55. The summed E-state index contributed by atoms with van der Waals surface area (Å²) in [6.45, 7) is 0. The molecule has 0 radical (unpaired) electrons. The molecule has 148 valence electrons. The molecule has 7 rings (SSSR count). The van der Waals surface area contributed by atoms with Crippen molar-refractivity contribution in [1.82, 2.24) is 15.4 Å². The SMILES string of the molecule is c1ccc(-c2cnnnc2-c2cccc3c2-c2c4c(ccc2=N3)=c2ccccc2=N4)cc1. The summed E-state index contributed by atoms with van der Waals surface area (Å²) in [5.41, 5.74) is 7.77. The zero-order valence-corrected chi connectivity index (χ0v) is 16.9. The Labute approximate surface area is 182 Å². The summed E-state index contributed by atoms with van der Waals surface area (Å²) in [7, 11) is 0. The highest BCUT2D eigenvalue weighted by Crippen LogP contribution is 2.46. The van der Waals surface area contributed by atoms with Crippen LogP contribution in [0.1, 0.15) is 0 Å². The van der Waals surface area contributed by atoms with E-state index in [1.807, 2.05) is 36.4 Å². The maximum atomic E-state index is 4.99. The fourth-order valence-corrected chi connectivity index (χ4v) is 4.69. The minimum atomic E-state index is 0.791. The van der Waals surface area contributed by atoms with Crippen LogP contribution in [0.15, 0.2) is 101 Å². The molecule has 3 heterocycles. The van der Waals surface area contributed by atoms with E-state index in [4.69, 9.17) is 9.98 Å². The Hall–Kier alpha value is -4.51. The van der Waals surface area contributed by atoms with E-state index in [9.17, 15) is 0 Å². The third-order valence-electron chi connectivity index (χ3n) is 6.09. The Morgan fingerprint density at radius 2 is 1.44 bits per heavy atom. The number of rotatable bonds is 2. The summed E-state index contributed by atoms with van der Waals surface area (Å²) in [5.74, 6) is 0. The molecule has 0 amide bonds. The molecule has 5 heteroatoms. The van der Waals surface area contributed by atoms with Crippen molar-refractivity contribution in [1.29, 1.82) is 0 Å². The Kier molecular flexibility index (Phi) is 3.49.